The average Bonchev–Trinajstić information content (AvgIpc) is 2.87. The number of hydrogen-bond donors (Lipinski definition) is 0. The maximum atomic E-state index is 2.42. The molecule has 19 heavy (non-hydrogen) atoms. The largest absolute Gasteiger partial charge is 0.0625 e. The smallest absolute Gasteiger partial charge is 0.0159 e. The maximum Gasteiger partial charge on any atom is -0.0159 e. The van der Waals surface area contributed by atoms with E-state index in [1.165, 1.54) is 57.8 Å². The van der Waals surface area contributed by atoms with Crippen molar-refractivity contribution < 1.29 is 0 Å². The van der Waals surface area contributed by atoms with Gasteiger partial charge in [0.15, 0.2) is 0 Å². The molecule has 0 nitrogen and oxygen atoms in total. The van der Waals surface area contributed by atoms with Gasteiger partial charge >= 0.3 is 0 Å². The van der Waals surface area contributed by atoms with Crippen molar-refractivity contribution in [2.45, 2.75) is 70.6 Å². The lowest BCUT2D eigenvalue weighted by molar-refractivity contribution is 0.356. The van der Waals surface area contributed by atoms with Gasteiger partial charge in [0, 0.05) is 0 Å². The van der Waals surface area contributed by atoms with Crippen LogP contribution in [0.1, 0.15) is 75.3 Å². The lowest BCUT2D eigenvalue weighted by Gasteiger charge is -2.21. The normalized spacial score (nSPS) is 28.7. The molecule has 104 valence electrons. The molecule has 0 aromatic heterocycles. The van der Waals surface area contributed by atoms with Gasteiger partial charge in [-0.15, -0.1) is 0 Å². The number of benzene rings is 1. The van der Waals surface area contributed by atoms with Crippen LogP contribution in [0.2, 0.25) is 0 Å². The zero-order chi connectivity index (χ0) is 13.1. The summed E-state index contributed by atoms with van der Waals surface area (Å²) in [6.45, 7) is 2.40. The van der Waals surface area contributed by atoms with E-state index < -0.39 is 0 Å². The Hall–Kier alpha value is -0.780. The van der Waals surface area contributed by atoms with Crippen LogP contribution in [0, 0.1) is 11.8 Å². The minimum Gasteiger partial charge on any atom is -0.0625 e. The SMILES string of the molecule is CC1CCC(c2ccc(CC3CCCCC3)cc2)C1. The van der Waals surface area contributed by atoms with E-state index in [2.05, 4.69) is 31.2 Å². The monoisotopic (exact) mass is 256 g/mol. The molecule has 0 saturated heterocycles. The standard InChI is InChI=1S/C19H28/c1-15-7-10-19(13-15)18-11-8-17(9-12-18)14-16-5-3-2-4-6-16/h8-9,11-12,15-16,19H,2-7,10,13-14H2,1H3. The van der Waals surface area contributed by atoms with Crippen LogP contribution >= 0.6 is 0 Å². The predicted octanol–water partition coefficient (Wildman–Crippen LogP) is 5.71. The molecule has 2 atom stereocenters. The Morgan fingerprint density at radius 2 is 1.63 bits per heavy atom. The van der Waals surface area contributed by atoms with Crippen molar-refractivity contribution in [3.63, 3.8) is 0 Å². The van der Waals surface area contributed by atoms with Crippen molar-refractivity contribution in [3.05, 3.63) is 35.4 Å². The molecule has 1 aromatic carbocycles. The highest BCUT2D eigenvalue weighted by atomic mass is 14.3. The Morgan fingerprint density at radius 1 is 0.895 bits per heavy atom. The first-order chi connectivity index (χ1) is 9.31. The summed E-state index contributed by atoms with van der Waals surface area (Å²) in [7, 11) is 0. The summed E-state index contributed by atoms with van der Waals surface area (Å²) < 4.78 is 0. The van der Waals surface area contributed by atoms with E-state index in [1.807, 2.05) is 0 Å². The van der Waals surface area contributed by atoms with Crippen molar-refractivity contribution in [2.75, 3.05) is 0 Å². The minimum atomic E-state index is 0.846. The number of hydrogen-bond acceptors (Lipinski definition) is 0. The van der Waals surface area contributed by atoms with E-state index in [-0.39, 0.29) is 0 Å². The van der Waals surface area contributed by atoms with E-state index in [0.29, 0.717) is 0 Å². The van der Waals surface area contributed by atoms with Crippen LogP contribution in [0.15, 0.2) is 24.3 Å². The van der Waals surface area contributed by atoms with Crippen molar-refractivity contribution in [2.24, 2.45) is 11.8 Å². The second-order valence-corrected chi connectivity index (χ2v) is 7.06. The van der Waals surface area contributed by atoms with Crippen molar-refractivity contribution >= 4 is 0 Å². The van der Waals surface area contributed by atoms with Crippen LogP contribution in [0.5, 0.6) is 0 Å². The van der Waals surface area contributed by atoms with Crippen molar-refractivity contribution in [1.29, 1.82) is 0 Å². The average molecular weight is 256 g/mol. The first kappa shape index (κ1) is 13.2. The van der Waals surface area contributed by atoms with Crippen LogP contribution in [0.4, 0.5) is 0 Å². The fourth-order valence-corrected chi connectivity index (χ4v) is 4.16. The van der Waals surface area contributed by atoms with Crippen LogP contribution in [-0.2, 0) is 6.42 Å². The third-order valence-corrected chi connectivity index (χ3v) is 5.40. The first-order valence-corrected chi connectivity index (χ1v) is 8.40. The summed E-state index contributed by atoms with van der Waals surface area (Å²) in [5.74, 6) is 2.75. The Bertz CT molecular complexity index is 383. The molecule has 0 heteroatoms. The molecule has 0 amide bonds. The fourth-order valence-electron chi connectivity index (χ4n) is 4.16. The van der Waals surface area contributed by atoms with Gasteiger partial charge in [-0.2, -0.15) is 0 Å². The summed E-state index contributed by atoms with van der Waals surface area (Å²) >= 11 is 0. The van der Waals surface area contributed by atoms with Gasteiger partial charge in [-0.1, -0.05) is 69.7 Å². The molecule has 2 aliphatic carbocycles. The second-order valence-electron chi connectivity index (χ2n) is 7.06. The van der Waals surface area contributed by atoms with Gasteiger partial charge in [-0.05, 0) is 48.1 Å². The number of rotatable bonds is 3. The van der Waals surface area contributed by atoms with Gasteiger partial charge in [0.1, 0.15) is 0 Å². The molecule has 1 aromatic rings. The molecule has 0 N–H and O–H groups in total. The van der Waals surface area contributed by atoms with Gasteiger partial charge in [0.2, 0.25) is 0 Å². The summed E-state index contributed by atoms with van der Waals surface area (Å²) in [4.78, 5) is 0. The van der Waals surface area contributed by atoms with Crippen LogP contribution in [-0.4, -0.2) is 0 Å². The highest BCUT2D eigenvalue weighted by Crippen LogP contribution is 2.38. The third kappa shape index (κ3) is 3.41. The molecule has 0 aliphatic heterocycles. The lowest BCUT2D eigenvalue weighted by Crippen LogP contribution is -2.09. The van der Waals surface area contributed by atoms with Crippen LogP contribution in [0.25, 0.3) is 0 Å². The third-order valence-electron chi connectivity index (χ3n) is 5.40. The molecule has 2 fully saturated rings. The predicted molar refractivity (Wildman–Crippen MR) is 82.5 cm³/mol. The fraction of sp³-hybridized carbons (Fsp3) is 0.684. The van der Waals surface area contributed by atoms with E-state index >= 15 is 0 Å². The first-order valence-electron chi connectivity index (χ1n) is 8.40. The van der Waals surface area contributed by atoms with E-state index in [4.69, 9.17) is 0 Å². The van der Waals surface area contributed by atoms with Gasteiger partial charge in [0.05, 0.1) is 0 Å². The van der Waals surface area contributed by atoms with Gasteiger partial charge in [-0.25, -0.2) is 0 Å². The quantitative estimate of drug-likeness (QED) is 0.649. The minimum absolute atomic E-state index is 0.846. The summed E-state index contributed by atoms with van der Waals surface area (Å²) in [6.07, 6.45) is 12.9. The highest BCUT2D eigenvalue weighted by Gasteiger charge is 2.22. The van der Waals surface area contributed by atoms with Crippen LogP contribution in [0.3, 0.4) is 0 Å². The maximum absolute atomic E-state index is 2.42. The van der Waals surface area contributed by atoms with Gasteiger partial charge < -0.3 is 0 Å². The molecule has 2 aliphatic rings. The molecule has 0 heterocycles. The Kier molecular flexibility index (Phi) is 4.25. The Balaban J connectivity index is 1.59. The zero-order valence-corrected chi connectivity index (χ0v) is 12.4. The summed E-state index contributed by atoms with van der Waals surface area (Å²) in [5, 5.41) is 0. The van der Waals surface area contributed by atoms with Crippen LogP contribution < -0.4 is 0 Å². The Morgan fingerprint density at radius 3 is 2.26 bits per heavy atom. The van der Waals surface area contributed by atoms with E-state index in [0.717, 1.165) is 17.8 Å². The van der Waals surface area contributed by atoms with E-state index in [9.17, 15) is 0 Å². The zero-order valence-electron chi connectivity index (χ0n) is 12.4. The molecule has 0 radical (unpaired) electrons. The molecular weight excluding hydrogens is 228 g/mol. The van der Waals surface area contributed by atoms with E-state index in [1.54, 1.807) is 11.1 Å². The molecule has 0 bridgehead atoms. The van der Waals surface area contributed by atoms with Crippen molar-refractivity contribution in [3.8, 4) is 0 Å². The lowest BCUT2D eigenvalue weighted by atomic mass is 9.84. The van der Waals surface area contributed by atoms with Gasteiger partial charge in [0.25, 0.3) is 0 Å². The molecule has 2 saturated carbocycles. The molecule has 3 rings (SSSR count). The van der Waals surface area contributed by atoms with Crippen molar-refractivity contribution in [1.82, 2.24) is 0 Å². The molecule has 2 unspecified atom stereocenters. The summed E-state index contributed by atoms with van der Waals surface area (Å²) in [5.41, 5.74) is 3.17. The topological polar surface area (TPSA) is 0 Å². The molecule has 0 spiro atoms. The highest BCUT2D eigenvalue weighted by molar-refractivity contribution is 5.26. The Labute approximate surface area is 118 Å². The van der Waals surface area contributed by atoms with Gasteiger partial charge in [-0.3, -0.25) is 0 Å². The summed E-state index contributed by atoms with van der Waals surface area (Å²) in [6, 6.07) is 9.65. The molecular formula is C19H28. The second kappa shape index (κ2) is 6.11.